The van der Waals surface area contributed by atoms with E-state index in [0.29, 0.717) is 0 Å². The zero-order valence-electron chi connectivity index (χ0n) is 7.97. The lowest BCUT2D eigenvalue weighted by Gasteiger charge is -2.50. The van der Waals surface area contributed by atoms with Crippen LogP contribution in [0.3, 0.4) is 0 Å². The van der Waals surface area contributed by atoms with Gasteiger partial charge in [-0.25, -0.2) is 0 Å². The summed E-state index contributed by atoms with van der Waals surface area (Å²) >= 11 is 0. The summed E-state index contributed by atoms with van der Waals surface area (Å²) in [5.41, 5.74) is 0. The molecule has 3 aliphatic carbocycles. The van der Waals surface area contributed by atoms with E-state index in [-0.39, 0.29) is 0 Å². The molecule has 68 valence electrons. The molecule has 0 aliphatic heterocycles. The van der Waals surface area contributed by atoms with Gasteiger partial charge in [0, 0.05) is 0 Å². The van der Waals surface area contributed by atoms with Crippen LogP contribution in [0.4, 0.5) is 0 Å². The molecule has 0 aromatic heterocycles. The van der Waals surface area contributed by atoms with E-state index in [9.17, 15) is 0 Å². The SMILES string of the molecule is C1CC2CCC3CCCC2C3C1. The van der Waals surface area contributed by atoms with Crippen molar-refractivity contribution in [1.29, 1.82) is 0 Å². The van der Waals surface area contributed by atoms with Gasteiger partial charge in [-0.15, -0.1) is 0 Å². The molecule has 4 atom stereocenters. The molecule has 3 fully saturated rings. The van der Waals surface area contributed by atoms with Gasteiger partial charge in [-0.1, -0.05) is 25.7 Å². The maximum Gasteiger partial charge on any atom is -0.0355 e. The van der Waals surface area contributed by atoms with Crippen LogP contribution < -0.4 is 0 Å². The lowest BCUT2D eigenvalue weighted by Crippen LogP contribution is -2.40. The van der Waals surface area contributed by atoms with Crippen molar-refractivity contribution in [1.82, 2.24) is 0 Å². The molecule has 0 N–H and O–H groups in total. The summed E-state index contributed by atoms with van der Waals surface area (Å²) in [4.78, 5) is 0. The van der Waals surface area contributed by atoms with E-state index >= 15 is 0 Å². The maximum atomic E-state index is 1.59. The van der Waals surface area contributed by atoms with Gasteiger partial charge < -0.3 is 0 Å². The van der Waals surface area contributed by atoms with E-state index in [1.54, 1.807) is 51.4 Å². The molecule has 3 aliphatic rings. The standard InChI is InChI=1S/C12H20/c1-3-9-7-8-10-4-2-6-12(9)11(10)5-1/h9-12H,1-8H2. The van der Waals surface area contributed by atoms with Gasteiger partial charge in [-0.2, -0.15) is 0 Å². The molecule has 0 heterocycles. The number of hydrogen-bond donors (Lipinski definition) is 0. The fourth-order valence-electron chi connectivity index (χ4n) is 4.40. The van der Waals surface area contributed by atoms with Crippen LogP contribution >= 0.6 is 0 Å². The van der Waals surface area contributed by atoms with Crippen LogP contribution in [0.15, 0.2) is 0 Å². The highest BCUT2D eigenvalue weighted by Gasteiger charge is 2.43. The summed E-state index contributed by atoms with van der Waals surface area (Å²) < 4.78 is 0. The van der Waals surface area contributed by atoms with Gasteiger partial charge in [-0.3, -0.25) is 0 Å². The molecule has 4 bridgehead atoms. The Hall–Kier alpha value is 0. The van der Waals surface area contributed by atoms with Crippen molar-refractivity contribution in [2.24, 2.45) is 23.7 Å². The molecule has 0 spiro atoms. The first-order chi connectivity index (χ1) is 5.95. The second kappa shape index (κ2) is 2.75. The topological polar surface area (TPSA) is 0 Å². The van der Waals surface area contributed by atoms with E-state index in [2.05, 4.69) is 0 Å². The van der Waals surface area contributed by atoms with Crippen molar-refractivity contribution < 1.29 is 0 Å². The fourth-order valence-corrected chi connectivity index (χ4v) is 4.40. The Morgan fingerprint density at radius 2 is 1.00 bits per heavy atom. The second-order valence-corrected chi connectivity index (χ2v) is 5.29. The fraction of sp³-hybridized carbons (Fsp3) is 1.00. The maximum absolute atomic E-state index is 1.59. The van der Waals surface area contributed by atoms with Gasteiger partial charge in [0.05, 0.1) is 0 Å². The largest absolute Gasteiger partial charge is 0.0527 e. The molecule has 3 saturated carbocycles. The van der Waals surface area contributed by atoms with Crippen LogP contribution in [0.2, 0.25) is 0 Å². The quantitative estimate of drug-likeness (QED) is 0.513. The Kier molecular flexibility index (Phi) is 1.70. The normalized spacial score (nSPS) is 52.0. The van der Waals surface area contributed by atoms with Crippen molar-refractivity contribution in [3.05, 3.63) is 0 Å². The average Bonchev–Trinajstić information content (AvgIpc) is 2.07. The molecule has 3 rings (SSSR count). The molecule has 0 saturated heterocycles. The smallest absolute Gasteiger partial charge is 0.0355 e. The summed E-state index contributed by atoms with van der Waals surface area (Å²) in [6.07, 6.45) is 12.6. The van der Waals surface area contributed by atoms with Gasteiger partial charge in [0.1, 0.15) is 0 Å². The minimum Gasteiger partial charge on any atom is -0.0527 e. The van der Waals surface area contributed by atoms with Crippen molar-refractivity contribution in [2.75, 3.05) is 0 Å². The molecule has 12 heavy (non-hydrogen) atoms. The second-order valence-electron chi connectivity index (χ2n) is 5.29. The molecule has 0 aromatic rings. The molecule has 0 nitrogen and oxygen atoms in total. The van der Waals surface area contributed by atoms with Crippen LogP contribution in [0.1, 0.15) is 51.4 Å². The molecule has 4 unspecified atom stereocenters. The Morgan fingerprint density at radius 3 is 1.50 bits per heavy atom. The van der Waals surface area contributed by atoms with Crippen molar-refractivity contribution in [3.63, 3.8) is 0 Å². The van der Waals surface area contributed by atoms with Crippen LogP contribution in [0.25, 0.3) is 0 Å². The summed E-state index contributed by atoms with van der Waals surface area (Å²) in [6, 6.07) is 0. The predicted molar refractivity (Wildman–Crippen MR) is 50.9 cm³/mol. The Balaban J connectivity index is 1.86. The zero-order valence-corrected chi connectivity index (χ0v) is 7.97. The Labute approximate surface area is 75.7 Å². The predicted octanol–water partition coefficient (Wildman–Crippen LogP) is 3.61. The van der Waals surface area contributed by atoms with E-state index in [1.807, 2.05) is 0 Å². The van der Waals surface area contributed by atoms with E-state index < -0.39 is 0 Å². The molecule has 0 aromatic carbocycles. The summed E-state index contributed by atoms with van der Waals surface area (Å²) in [6.45, 7) is 0. The van der Waals surface area contributed by atoms with E-state index in [4.69, 9.17) is 0 Å². The first kappa shape index (κ1) is 7.41. The van der Waals surface area contributed by atoms with Gasteiger partial charge >= 0.3 is 0 Å². The Morgan fingerprint density at radius 1 is 0.500 bits per heavy atom. The molecular weight excluding hydrogens is 144 g/mol. The number of rotatable bonds is 0. The zero-order chi connectivity index (χ0) is 7.97. The number of hydrogen-bond acceptors (Lipinski definition) is 0. The first-order valence-corrected chi connectivity index (χ1v) is 5.95. The third-order valence-electron chi connectivity index (χ3n) is 4.89. The molecule has 0 amide bonds. The third-order valence-corrected chi connectivity index (χ3v) is 4.89. The minimum absolute atomic E-state index is 1.17. The van der Waals surface area contributed by atoms with Crippen LogP contribution in [0, 0.1) is 23.7 Å². The first-order valence-electron chi connectivity index (χ1n) is 5.95. The molecular formula is C12H20. The van der Waals surface area contributed by atoms with E-state index in [1.165, 1.54) is 23.7 Å². The van der Waals surface area contributed by atoms with Gasteiger partial charge in [0.15, 0.2) is 0 Å². The Bertz CT molecular complexity index is 153. The van der Waals surface area contributed by atoms with Crippen molar-refractivity contribution in [2.45, 2.75) is 51.4 Å². The highest BCUT2D eigenvalue weighted by Crippen LogP contribution is 2.53. The van der Waals surface area contributed by atoms with Crippen LogP contribution in [0.5, 0.6) is 0 Å². The third kappa shape index (κ3) is 0.963. The average molecular weight is 164 g/mol. The summed E-state index contributed by atoms with van der Waals surface area (Å²) in [7, 11) is 0. The van der Waals surface area contributed by atoms with Gasteiger partial charge in [0.25, 0.3) is 0 Å². The minimum atomic E-state index is 1.17. The molecule has 0 heteroatoms. The monoisotopic (exact) mass is 164 g/mol. The summed E-state index contributed by atoms with van der Waals surface area (Å²) in [5, 5.41) is 0. The van der Waals surface area contributed by atoms with Crippen molar-refractivity contribution in [3.8, 4) is 0 Å². The van der Waals surface area contributed by atoms with Gasteiger partial charge in [-0.05, 0) is 49.4 Å². The highest BCUT2D eigenvalue weighted by molar-refractivity contribution is 4.93. The van der Waals surface area contributed by atoms with Crippen LogP contribution in [-0.4, -0.2) is 0 Å². The van der Waals surface area contributed by atoms with E-state index in [0.717, 1.165) is 0 Å². The highest BCUT2D eigenvalue weighted by atomic mass is 14.5. The molecule has 0 radical (unpaired) electrons. The lowest BCUT2D eigenvalue weighted by atomic mass is 9.55. The summed E-state index contributed by atoms with van der Waals surface area (Å²) in [5.74, 6) is 4.71. The lowest BCUT2D eigenvalue weighted by molar-refractivity contribution is 0.00191. The van der Waals surface area contributed by atoms with Gasteiger partial charge in [0.2, 0.25) is 0 Å². The van der Waals surface area contributed by atoms with Crippen LogP contribution in [-0.2, 0) is 0 Å². The van der Waals surface area contributed by atoms with Crippen molar-refractivity contribution >= 4 is 0 Å².